The summed E-state index contributed by atoms with van der Waals surface area (Å²) in [6.07, 6.45) is -1.85. The molecular weight excluding hydrogens is 507 g/mol. The Hall–Kier alpha value is -3.94. The van der Waals surface area contributed by atoms with E-state index in [9.17, 15) is 18.0 Å². The highest BCUT2D eigenvalue weighted by molar-refractivity contribution is 6.04. The number of hydrogen-bond acceptors (Lipinski definition) is 6. The van der Waals surface area contributed by atoms with E-state index < -0.39 is 23.3 Å². The number of nitrogens with one attached hydrogen (secondary N) is 1. The van der Waals surface area contributed by atoms with Crippen molar-refractivity contribution >= 4 is 22.9 Å². The first kappa shape index (κ1) is 29.6. The molecule has 0 bridgehead atoms. The predicted octanol–water partition coefficient (Wildman–Crippen LogP) is 5.05. The van der Waals surface area contributed by atoms with Gasteiger partial charge in [-0.1, -0.05) is 18.6 Å². The number of amides is 1. The lowest BCUT2D eigenvalue weighted by Gasteiger charge is -2.29. The van der Waals surface area contributed by atoms with Crippen LogP contribution in [0.4, 0.5) is 18.9 Å². The Kier molecular flexibility index (Phi) is 9.32. The van der Waals surface area contributed by atoms with Crippen molar-refractivity contribution in [1.82, 2.24) is 9.88 Å². The number of pyridine rings is 1. The molecule has 1 aliphatic rings. The van der Waals surface area contributed by atoms with Gasteiger partial charge in [0.25, 0.3) is 5.91 Å². The average molecular weight is 540 g/mol. The number of aromatic nitrogens is 1. The summed E-state index contributed by atoms with van der Waals surface area (Å²) in [6, 6.07) is 7.15. The van der Waals surface area contributed by atoms with Crippen molar-refractivity contribution in [2.75, 3.05) is 31.6 Å². The minimum atomic E-state index is -4.65. The maximum absolute atomic E-state index is 13.0. The number of anilines is 1. The van der Waals surface area contributed by atoms with Crippen LogP contribution in [0.2, 0.25) is 0 Å². The first-order valence-corrected chi connectivity index (χ1v) is 12.3. The quantitative estimate of drug-likeness (QED) is 0.305. The zero-order valence-corrected chi connectivity index (χ0v) is 22.4. The summed E-state index contributed by atoms with van der Waals surface area (Å²) in [6.45, 7) is 14.0. The highest BCUT2D eigenvalue weighted by atomic mass is 19.4. The van der Waals surface area contributed by atoms with Crippen LogP contribution in [0.1, 0.15) is 48.0 Å². The summed E-state index contributed by atoms with van der Waals surface area (Å²) in [4.78, 5) is 22.8. The number of rotatable bonds is 6. The van der Waals surface area contributed by atoms with E-state index in [4.69, 9.17) is 15.5 Å². The monoisotopic (exact) mass is 539 g/mol. The molecular formula is C29H32F3N5O2. The number of nitrogens with zero attached hydrogens (tertiary/aromatic N) is 3. The minimum absolute atomic E-state index is 0.153. The normalized spacial score (nSPS) is 14.9. The largest absolute Gasteiger partial charge is 0.433 e. The molecule has 39 heavy (non-hydrogen) atoms. The second kappa shape index (κ2) is 12.3. The first-order chi connectivity index (χ1) is 18.2. The van der Waals surface area contributed by atoms with Gasteiger partial charge in [-0.3, -0.25) is 9.78 Å². The molecule has 206 valence electrons. The number of alkyl halides is 3. The third-order valence-electron chi connectivity index (χ3n) is 5.64. The van der Waals surface area contributed by atoms with Crippen LogP contribution in [0.25, 0.3) is 5.57 Å². The number of carbonyl (C=O) groups excluding carboxylic acids is 1. The fourth-order valence-corrected chi connectivity index (χ4v) is 3.65. The van der Waals surface area contributed by atoms with Gasteiger partial charge in [-0.2, -0.15) is 13.2 Å². The van der Waals surface area contributed by atoms with Gasteiger partial charge in [-0.05, 0) is 80.7 Å². The smallest absolute Gasteiger partial charge is 0.378 e. The van der Waals surface area contributed by atoms with Crippen LogP contribution in [-0.2, 0) is 10.9 Å². The Morgan fingerprint density at radius 1 is 1.23 bits per heavy atom. The van der Waals surface area contributed by atoms with Gasteiger partial charge >= 0.3 is 6.18 Å². The van der Waals surface area contributed by atoms with Crippen molar-refractivity contribution in [3.05, 3.63) is 77.4 Å². The number of halogens is 3. The Balaban J connectivity index is 1.90. The number of nitrogens with two attached hydrogens (primary N) is 1. The third kappa shape index (κ3) is 8.80. The van der Waals surface area contributed by atoms with E-state index >= 15 is 0 Å². The summed E-state index contributed by atoms with van der Waals surface area (Å²) in [5.74, 6) is 5.95. The van der Waals surface area contributed by atoms with Gasteiger partial charge in [0.15, 0.2) is 0 Å². The standard InChI is InChI=1S/C29H32F3N5O2/c1-19-6-7-23(36-27(38)22-9-11-34-25(17-22)29(30,31)32)18-24(19)20(2)16-26(37-12-14-39-15-13-37)35-21(3)8-10-28(4,5)33/h6-7,9,11,16-18H,2,12-15,33H2,1,3-5H3,(H,36,38)/b26-16+,35-21?. The van der Waals surface area contributed by atoms with Gasteiger partial charge in [-0.15, -0.1) is 0 Å². The highest BCUT2D eigenvalue weighted by Gasteiger charge is 2.33. The van der Waals surface area contributed by atoms with E-state index in [2.05, 4.69) is 33.6 Å². The van der Waals surface area contributed by atoms with Crippen molar-refractivity contribution in [2.24, 2.45) is 10.7 Å². The number of morpholine rings is 1. The maximum Gasteiger partial charge on any atom is 0.433 e. The van der Waals surface area contributed by atoms with Gasteiger partial charge in [-0.25, -0.2) is 4.99 Å². The number of carbonyl (C=O) groups is 1. The van der Waals surface area contributed by atoms with Crippen molar-refractivity contribution in [3.8, 4) is 11.8 Å². The molecule has 0 atom stereocenters. The molecule has 1 aliphatic heterocycles. The van der Waals surface area contributed by atoms with Gasteiger partial charge in [0.1, 0.15) is 11.5 Å². The van der Waals surface area contributed by atoms with Crippen LogP contribution in [0, 0.1) is 18.8 Å². The molecule has 2 heterocycles. The van der Waals surface area contributed by atoms with E-state index in [0.29, 0.717) is 49.1 Å². The van der Waals surface area contributed by atoms with E-state index in [1.807, 2.05) is 26.8 Å². The summed E-state index contributed by atoms with van der Waals surface area (Å²) < 4.78 is 44.5. The lowest BCUT2D eigenvalue weighted by molar-refractivity contribution is -0.141. The number of aliphatic imine (C=N–C) groups is 1. The lowest BCUT2D eigenvalue weighted by Crippen LogP contribution is -2.35. The Morgan fingerprint density at radius 2 is 1.92 bits per heavy atom. The molecule has 1 saturated heterocycles. The summed E-state index contributed by atoms with van der Waals surface area (Å²) in [5, 5.41) is 2.66. The number of allylic oxidation sites excluding steroid dienone is 2. The van der Waals surface area contributed by atoms with E-state index in [-0.39, 0.29) is 5.56 Å². The SMILES string of the molecule is C=C(/C=C(\N=C(C)C#CC(C)(C)N)N1CCOCC1)c1cc(NC(=O)c2ccnc(C(F)(F)F)c2)ccc1C. The fraction of sp³-hybridized carbons (Fsp3) is 0.345. The first-order valence-electron chi connectivity index (χ1n) is 12.3. The van der Waals surface area contributed by atoms with Crippen LogP contribution in [-0.4, -0.2) is 53.3 Å². The van der Waals surface area contributed by atoms with Crippen LogP contribution in [0.5, 0.6) is 0 Å². The zero-order chi connectivity index (χ0) is 28.8. The van der Waals surface area contributed by atoms with E-state index in [1.54, 1.807) is 25.1 Å². The molecule has 3 N–H and O–H groups in total. The molecule has 2 aromatic rings. The van der Waals surface area contributed by atoms with Crippen LogP contribution >= 0.6 is 0 Å². The van der Waals surface area contributed by atoms with Gasteiger partial charge in [0.05, 0.1) is 24.5 Å². The summed E-state index contributed by atoms with van der Waals surface area (Å²) in [5.41, 5.74) is 7.30. The molecule has 10 heteroatoms. The van der Waals surface area contributed by atoms with Crippen molar-refractivity contribution in [1.29, 1.82) is 0 Å². The zero-order valence-electron chi connectivity index (χ0n) is 22.4. The lowest BCUT2D eigenvalue weighted by atomic mass is 10.0. The highest BCUT2D eigenvalue weighted by Crippen LogP contribution is 2.29. The molecule has 3 rings (SSSR count). The van der Waals surface area contributed by atoms with Crippen LogP contribution in [0.15, 0.2) is 60.0 Å². The molecule has 7 nitrogen and oxygen atoms in total. The second-order valence-corrected chi connectivity index (χ2v) is 9.71. The summed E-state index contributed by atoms with van der Waals surface area (Å²) >= 11 is 0. The molecule has 1 fully saturated rings. The van der Waals surface area contributed by atoms with Crippen molar-refractivity contribution in [2.45, 2.75) is 39.4 Å². The maximum atomic E-state index is 13.0. The molecule has 0 aliphatic carbocycles. The molecule has 1 amide bonds. The Labute approximate surface area is 226 Å². The molecule has 0 saturated carbocycles. The molecule has 0 unspecified atom stereocenters. The number of hydrogen-bond donors (Lipinski definition) is 2. The van der Waals surface area contributed by atoms with Gasteiger partial charge in [0.2, 0.25) is 0 Å². The Morgan fingerprint density at radius 3 is 2.56 bits per heavy atom. The third-order valence-corrected chi connectivity index (χ3v) is 5.64. The van der Waals surface area contributed by atoms with Crippen LogP contribution < -0.4 is 11.1 Å². The Bertz CT molecular complexity index is 1360. The van der Waals surface area contributed by atoms with Gasteiger partial charge in [0, 0.05) is 30.5 Å². The topological polar surface area (TPSA) is 92.8 Å². The van der Waals surface area contributed by atoms with Crippen LogP contribution in [0.3, 0.4) is 0 Å². The average Bonchev–Trinajstić information content (AvgIpc) is 2.88. The second-order valence-electron chi connectivity index (χ2n) is 9.71. The minimum Gasteiger partial charge on any atom is -0.378 e. The number of ether oxygens (including phenoxy) is 1. The van der Waals surface area contributed by atoms with Crippen molar-refractivity contribution < 1.29 is 22.7 Å². The van der Waals surface area contributed by atoms with Crippen molar-refractivity contribution in [3.63, 3.8) is 0 Å². The molecule has 1 aromatic heterocycles. The molecule has 1 aromatic carbocycles. The molecule has 0 radical (unpaired) electrons. The summed E-state index contributed by atoms with van der Waals surface area (Å²) in [7, 11) is 0. The number of benzene rings is 1. The van der Waals surface area contributed by atoms with Gasteiger partial charge < -0.3 is 20.7 Å². The fourth-order valence-electron chi connectivity index (χ4n) is 3.65. The predicted molar refractivity (Wildman–Crippen MR) is 147 cm³/mol. The van der Waals surface area contributed by atoms with E-state index in [0.717, 1.165) is 23.4 Å². The molecule has 0 spiro atoms. The number of aryl methyl sites for hydroxylation is 1. The van der Waals surface area contributed by atoms with E-state index in [1.165, 1.54) is 6.07 Å².